The Balaban J connectivity index is 1.99. The van der Waals surface area contributed by atoms with Crippen molar-refractivity contribution in [2.75, 3.05) is 13.7 Å². The van der Waals surface area contributed by atoms with Gasteiger partial charge in [0.05, 0.1) is 13.3 Å². The van der Waals surface area contributed by atoms with Gasteiger partial charge in [-0.2, -0.15) is 5.10 Å². The van der Waals surface area contributed by atoms with Crippen LogP contribution in [0.2, 0.25) is 5.02 Å². The van der Waals surface area contributed by atoms with Gasteiger partial charge in [-0.3, -0.25) is 9.59 Å². The minimum absolute atomic E-state index is 0.170. The SMILES string of the molecule is COC(=O)COc1cccc(C=NNC(=O)C(CC(C)C)NC(=O)c2ccc(Cl)cc2)c1. The number of hydrazone groups is 1. The van der Waals surface area contributed by atoms with Crippen LogP contribution in [0.1, 0.15) is 36.2 Å². The maximum Gasteiger partial charge on any atom is 0.343 e. The molecule has 2 aromatic rings. The molecule has 2 N–H and O–H groups in total. The van der Waals surface area contributed by atoms with Gasteiger partial charge in [0.1, 0.15) is 11.8 Å². The largest absolute Gasteiger partial charge is 0.482 e. The van der Waals surface area contributed by atoms with E-state index in [2.05, 4.69) is 20.6 Å². The molecule has 8 nitrogen and oxygen atoms in total. The zero-order chi connectivity index (χ0) is 23.5. The first kappa shape index (κ1) is 24.9. The Kier molecular flexibility index (Phi) is 9.69. The second-order valence-corrected chi connectivity index (χ2v) is 7.77. The van der Waals surface area contributed by atoms with Crippen LogP contribution in [-0.4, -0.2) is 43.8 Å². The summed E-state index contributed by atoms with van der Waals surface area (Å²) in [5.41, 5.74) is 3.52. The second-order valence-electron chi connectivity index (χ2n) is 7.33. The van der Waals surface area contributed by atoms with Crippen molar-refractivity contribution in [1.29, 1.82) is 0 Å². The fraction of sp³-hybridized carbons (Fsp3) is 0.304. The van der Waals surface area contributed by atoms with E-state index < -0.39 is 17.9 Å². The van der Waals surface area contributed by atoms with Gasteiger partial charge in [0.25, 0.3) is 11.8 Å². The van der Waals surface area contributed by atoms with Crippen molar-refractivity contribution in [2.45, 2.75) is 26.3 Å². The lowest BCUT2D eigenvalue weighted by Gasteiger charge is -2.19. The van der Waals surface area contributed by atoms with Crippen molar-refractivity contribution in [3.63, 3.8) is 0 Å². The molecule has 32 heavy (non-hydrogen) atoms. The topological polar surface area (TPSA) is 106 Å². The highest BCUT2D eigenvalue weighted by Gasteiger charge is 2.22. The summed E-state index contributed by atoms with van der Waals surface area (Å²) in [7, 11) is 1.28. The van der Waals surface area contributed by atoms with Gasteiger partial charge in [-0.1, -0.05) is 37.6 Å². The molecule has 2 rings (SSSR count). The molecule has 0 aromatic heterocycles. The number of carbonyl (C=O) groups is 3. The van der Waals surface area contributed by atoms with Gasteiger partial charge < -0.3 is 14.8 Å². The van der Waals surface area contributed by atoms with Crippen molar-refractivity contribution in [3.05, 3.63) is 64.7 Å². The first-order valence-electron chi connectivity index (χ1n) is 9.97. The van der Waals surface area contributed by atoms with Crippen molar-refractivity contribution >= 4 is 35.6 Å². The molecule has 0 bridgehead atoms. The minimum Gasteiger partial charge on any atom is -0.482 e. The standard InChI is InChI=1S/C23H26ClN3O5/c1-15(2)11-20(26-22(29)17-7-9-18(24)10-8-17)23(30)27-25-13-16-5-4-6-19(12-16)32-14-21(28)31-3/h4-10,12-13,15,20H,11,14H2,1-3H3,(H,26,29)(H,27,30). The monoisotopic (exact) mass is 459 g/mol. The number of halogens is 1. The number of amides is 2. The molecule has 0 fully saturated rings. The van der Waals surface area contributed by atoms with E-state index in [0.29, 0.717) is 28.3 Å². The van der Waals surface area contributed by atoms with E-state index in [9.17, 15) is 14.4 Å². The van der Waals surface area contributed by atoms with Crippen LogP contribution < -0.4 is 15.5 Å². The Morgan fingerprint density at radius 1 is 1.12 bits per heavy atom. The minimum atomic E-state index is -0.759. The third-order valence-corrected chi connectivity index (χ3v) is 4.52. The summed E-state index contributed by atoms with van der Waals surface area (Å²) in [6, 6.07) is 12.5. The molecule has 0 spiro atoms. The third-order valence-electron chi connectivity index (χ3n) is 4.27. The zero-order valence-corrected chi connectivity index (χ0v) is 18.9. The van der Waals surface area contributed by atoms with E-state index >= 15 is 0 Å². The lowest BCUT2D eigenvalue weighted by molar-refractivity contribution is -0.142. The first-order valence-corrected chi connectivity index (χ1v) is 10.3. The smallest absolute Gasteiger partial charge is 0.343 e. The Bertz CT molecular complexity index is 960. The number of methoxy groups -OCH3 is 1. The molecule has 0 heterocycles. The average molecular weight is 460 g/mol. The zero-order valence-electron chi connectivity index (χ0n) is 18.1. The number of ether oxygens (including phenoxy) is 2. The summed E-state index contributed by atoms with van der Waals surface area (Å²) < 4.78 is 9.85. The molecule has 0 aliphatic carbocycles. The number of esters is 1. The normalized spacial score (nSPS) is 11.8. The maximum atomic E-state index is 12.6. The summed E-state index contributed by atoms with van der Waals surface area (Å²) in [5, 5.41) is 7.24. The molecular weight excluding hydrogens is 434 g/mol. The van der Waals surface area contributed by atoms with Crippen LogP contribution in [0.3, 0.4) is 0 Å². The molecule has 2 aromatic carbocycles. The number of hydrogen-bond acceptors (Lipinski definition) is 6. The van der Waals surface area contributed by atoms with Crippen LogP contribution in [-0.2, 0) is 14.3 Å². The lowest BCUT2D eigenvalue weighted by Crippen LogP contribution is -2.46. The lowest BCUT2D eigenvalue weighted by atomic mass is 10.0. The Labute approximate surface area is 191 Å². The Morgan fingerprint density at radius 3 is 2.50 bits per heavy atom. The number of hydrogen-bond donors (Lipinski definition) is 2. The molecule has 0 saturated carbocycles. The predicted octanol–water partition coefficient (Wildman–Crippen LogP) is 3.19. The summed E-state index contributed by atoms with van der Waals surface area (Å²) >= 11 is 5.86. The van der Waals surface area contributed by atoms with Gasteiger partial charge in [-0.05, 0) is 54.3 Å². The van der Waals surface area contributed by atoms with Crippen LogP contribution in [0.15, 0.2) is 53.6 Å². The molecule has 9 heteroatoms. The number of benzene rings is 2. The Morgan fingerprint density at radius 2 is 1.84 bits per heavy atom. The number of nitrogens with zero attached hydrogens (tertiary/aromatic N) is 1. The van der Waals surface area contributed by atoms with E-state index in [-0.39, 0.29) is 18.4 Å². The van der Waals surface area contributed by atoms with Crippen molar-refractivity contribution in [3.8, 4) is 5.75 Å². The number of rotatable bonds is 10. The summed E-state index contributed by atoms with van der Waals surface area (Å²) in [5.74, 6) is -0.673. The van der Waals surface area contributed by atoms with Gasteiger partial charge >= 0.3 is 5.97 Å². The van der Waals surface area contributed by atoms with Crippen molar-refractivity contribution < 1.29 is 23.9 Å². The third kappa shape index (κ3) is 8.39. The molecule has 2 amide bonds. The molecule has 1 atom stereocenters. The van der Waals surface area contributed by atoms with E-state index in [0.717, 1.165) is 0 Å². The highest BCUT2D eigenvalue weighted by Crippen LogP contribution is 2.13. The molecule has 0 saturated heterocycles. The van der Waals surface area contributed by atoms with Crippen LogP contribution in [0.4, 0.5) is 0 Å². The first-order chi connectivity index (χ1) is 15.3. The van der Waals surface area contributed by atoms with Gasteiger partial charge in [0.15, 0.2) is 6.61 Å². The van der Waals surface area contributed by atoms with Gasteiger partial charge in [-0.15, -0.1) is 0 Å². The summed E-state index contributed by atoms with van der Waals surface area (Å²) in [4.78, 5) is 36.3. The van der Waals surface area contributed by atoms with Crippen LogP contribution in [0.5, 0.6) is 5.75 Å². The summed E-state index contributed by atoms with van der Waals surface area (Å²) in [6.45, 7) is 3.70. The van der Waals surface area contributed by atoms with Gasteiger partial charge in [0.2, 0.25) is 0 Å². The van der Waals surface area contributed by atoms with Crippen molar-refractivity contribution in [2.24, 2.45) is 11.0 Å². The quantitative estimate of drug-likeness (QED) is 0.322. The number of nitrogens with one attached hydrogen (secondary N) is 2. The average Bonchev–Trinajstić information content (AvgIpc) is 2.77. The Hall–Kier alpha value is -3.39. The predicted molar refractivity (Wildman–Crippen MR) is 122 cm³/mol. The van der Waals surface area contributed by atoms with Gasteiger partial charge in [-0.25, -0.2) is 10.2 Å². The molecular formula is C23H26ClN3O5. The molecule has 1 unspecified atom stereocenters. The van der Waals surface area contributed by atoms with Crippen LogP contribution >= 0.6 is 11.6 Å². The van der Waals surface area contributed by atoms with Gasteiger partial charge in [0, 0.05) is 10.6 Å². The highest BCUT2D eigenvalue weighted by atomic mass is 35.5. The molecule has 0 aliphatic heterocycles. The second kappa shape index (κ2) is 12.5. The van der Waals surface area contributed by atoms with Crippen LogP contribution in [0, 0.1) is 5.92 Å². The van der Waals surface area contributed by atoms with E-state index in [1.165, 1.54) is 13.3 Å². The highest BCUT2D eigenvalue weighted by molar-refractivity contribution is 6.30. The van der Waals surface area contributed by atoms with Crippen molar-refractivity contribution in [1.82, 2.24) is 10.7 Å². The number of carbonyl (C=O) groups excluding carboxylic acids is 3. The molecule has 170 valence electrons. The molecule has 0 radical (unpaired) electrons. The van der Waals surface area contributed by atoms with E-state index in [4.69, 9.17) is 16.3 Å². The van der Waals surface area contributed by atoms with Crippen LogP contribution in [0.25, 0.3) is 0 Å². The molecule has 0 aliphatic rings. The fourth-order valence-corrected chi connectivity index (χ4v) is 2.81. The van der Waals surface area contributed by atoms with E-state index in [1.807, 2.05) is 13.8 Å². The van der Waals surface area contributed by atoms with E-state index in [1.54, 1.807) is 48.5 Å². The maximum absolute atomic E-state index is 12.6. The fourth-order valence-electron chi connectivity index (χ4n) is 2.68. The summed E-state index contributed by atoms with van der Waals surface area (Å²) in [6.07, 6.45) is 1.88.